The van der Waals surface area contributed by atoms with Gasteiger partial charge in [0.15, 0.2) is 13.2 Å². The molecular formula is C19H20ClNO4. The molecular weight excluding hydrogens is 342 g/mol. The lowest BCUT2D eigenvalue weighted by molar-refractivity contribution is -0.149. The van der Waals surface area contributed by atoms with Gasteiger partial charge in [-0.1, -0.05) is 49.7 Å². The third-order valence-corrected chi connectivity index (χ3v) is 3.59. The lowest BCUT2D eigenvalue weighted by Gasteiger charge is -2.13. The Morgan fingerprint density at radius 3 is 2.56 bits per heavy atom. The van der Waals surface area contributed by atoms with Gasteiger partial charge in [0.05, 0.1) is 0 Å². The molecule has 1 amide bonds. The van der Waals surface area contributed by atoms with Crippen molar-refractivity contribution >= 4 is 29.2 Å². The molecule has 0 aliphatic rings. The highest BCUT2D eigenvalue weighted by molar-refractivity contribution is 6.30. The van der Waals surface area contributed by atoms with E-state index in [0.29, 0.717) is 16.5 Å². The molecule has 0 atom stereocenters. The number of halogens is 1. The molecule has 0 aliphatic carbocycles. The second-order valence-electron chi connectivity index (χ2n) is 5.70. The Hall–Kier alpha value is -2.53. The third-order valence-electron chi connectivity index (χ3n) is 3.36. The van der Waals surface area contributed by atoms with Gasteiger partial charge in [-0.3, -0.25) is 4.79 Å². The van der Waals surface area contributed by atoms with Crippen LogP contribution >= 0.6 is 11.6 Å². The highest BCUT2D eigenvalue weighted by Gasteiger charge is 2.11. The van der Waals surface area contributed by atoms with Crippen LogP contribution in [0.1, 0.15) is 25.3 Å². The van der Waals surface area contributed by atoms with Gasteiger partial charge in [0.2, 0.25) is 0 Å². The largest absolute Gasteiger partial charge is 0.482 e. The molecule has 0 heterocycles. The number of carbonyl (C=O) groups excluding carboxylic acids is 2. The number of esters is 1. The fourth-order valence-corrected chi connectivity index (χ4v) is 2.37. The van der Waals surface area contributed by atoms with Crippen LogP contribution in [0, 0.1) is 0 Å². The van der Waals surface area contributed by atoms with E-state index in [1.807, 2.05) is 32.0 Å². The quantitative estimate of drug-likeness (QED) is 0.756. The summed E-state index contributed by atoms with van der Waals surface area (Å²) >= 11 is 5.84. The first-order chi connectivity index (χ1) is 12.0. The van der Waals surface area contributed by atoms with E-state index in [9.17, 15) is 9.59 Å². The zero-order valence-electron chi connectivity index (χ0n) is 14.1. The monoisotopic (exact) mass is 361 g/mol. The number of anilines is 1. The van der Waals surface area contributed by atoms with Crippen LogP contribution in [0.3, 0.4) is 0 Å². The highest BCUT2D eigenvalue weighted by Crippen LogP contribution is 2.25. The van der Waals surface area contributed by atoms with Gasteiger partial charge in [-0.2, -0.15) is 0 Å². The molecule has 0 unspecified atom stereocenters. The van der Waals surface area contributed by atoms with Gasteiger partial charge >= 0.3 is 5.97 Å². The van der Waals surface area contributed by atoms with Crippen molar-refractivity contribution in [2.45, 2.75) is 19.8 Å². The lowest BCUT2D eigenvalue weighted by atomic mass is 10.0. The van der Waals surface area contributed by atoms with Gasteiger partial charge in [-0.05, 0) is 35.7 Å². The van der Waals surface area contributed by atoms with Gasteiger partial charge in [0, 0.05) is 10.7 Å². The zero-order chi connectivity index (χ0) is 18.2. The normalized spacial score (nSPS) is 10.4. The van der Waals surface area contributed by atoms with E-state index >= 15 is 0 Å². The number of benzene rings is 2. The Balaban J connectivity index is 1.78. The fourth-order valence-electron chi connectivity index (χ4n) is 2.18. The van der Waals surface area contributed by atoms with Crippen LogP contribution in [-0.4, -0.2) is 25.1 Å². The molecule has 2 aromatic carbocycles. The average molecular weight is 362 g/mol. The van der Waals surface area contributed by atoms with Gasteiger partial charge in [-0.25, -0.2) is 4.79 Å². The molecule has 0 fully saturated rings. The molecule has 0 aromatic heterocycles. The lowest BCUT2D eigenvalue weighted by Crippen LogP contribution is -2.23. The number of para-hydroxylation sites is 1. The number of amides is 1. The van der Waals surface area contributed by atoms with Crippen molar-refractivity contribution in [1.29, 1.82) is 0 Å². The maximum atomic E-state index is 11.8. The predicted molar refractivity (Wildman–Crippen MR) is 97.1 cm³/mol. The van der Waals surface area contributed by atoms with E-state index in [4.69, 9.17) is 21.1 Å². The Morgan fingerprint density at radius 1 is 1.08 bits per heavy atom. The summed E-state index contributed by atoms with van der Waals surface area (Å²) in [6, 6.07) is 14.2. The minimum absolute atomic E-state index is 0.256. The maximum absolute atomic E-state index is 11.8. The first kappa shape index (κ1) is 18.8. The second kappa shape index (κ2) is 9.08. The van der Waals surface area contributed by atoms with Crippen LogP contribution in [0.25, 0.3) is 0 Å². The van der Waals surface area contributed by atoms with Crippen LogP contribution in [0.15, 0.2) is 48.5 Å². The minimum atomic E-state index is -0.611. The first-order valence-corrected chi connectivity index (χ1v) is 8.26. The van der Waals surface area contributed by atoms with E-state index < -0.39 is 11.9 Å². The molecule has 0 bridgehead atoms. The molecule has 5 nitrogen and oxygen atoms in total. The van der Waals surface area contributed by atoms with Crippen molar-refractivity contribution < 1.29 is 19.1 Å². The smallest absolute Gasteiger partial charge is 0.344 e. The SMILES string of the molecule is CC(C)c1ccccc1OCC(=O)OCC(=O)Nc1cccc(Cl)c1. The van der Waals surface area contributed by atoms with Crippen molar-refractivity contribution in [3.05, 3.63) is 59.1 Å². The summed E-state index contributed by atoms with van der Waals surface area (Å²) in [4.78, 5) is 23.5. The molecule has 6 heteroatoms. The summed E-state index contributed by atoms with van der Waals surface area (Å²) in [6.45, 7) is 3.44. The topological polar surface area (TPSA) is 64.6 Å². The predicted octanol–water partition coefficient (Wildman–Crippen LogP) is 4.02. The summed E-state index contributed by atoms with van der Waals surface area (Å²) in [7, 11) is 0. The van der Waals surface area contributed by atoms with E-state index in [1.54, 1.807) is 30.3 Å². The molecule has 132 valence electrons. The summed E-state index contributed by atoms with van der Waals surface area (Å²) in [5, 5.41) is 3.10. The van der Waals surface area contributed by atoms with Gasteiger partial charge < -0.3 is 14.8 Å². The summed E-state index contributed by atoms with van der Waals surface area (Å²) < 4.78 is 10.4. The number of carbonyl (C=O) groups is 2. The van der Waals surface area contributed by atoms with E-state index in [-0.39, 0.29) is 19.1 Å². The average Bonchev–Trinajstić information content (AvgIpc) is 2.58. The molecule has 25 heavy (non-hydrogen) atoms. The Bertz CT molecular complexity index is 746. The van der Waals surface area contributed by atoms with E-state index in [0.717, 1.165) is 5.56 Å². The summed E-state index contributed by atoms with van der Waals surface area (Å²) in [5.41, 5.74) is 1.55. The van der Waals surface area contributed by atoms with Crippen LogP contribution in [-0.2, 0) is 14.3 Å². The van der Waals surface area contributed by atoms with Crippen molar-refractivity contribution in [2.75, 3.05) is 18.5 Å². The number of hydrogen-bond donors (Lipinski definition) is 1. The standard InChI is InChI=1S/C19H20ClNO4/c1-13(2)16-8-3-4-9-17(16)24-12-19(23)25-11-18(22)21-15-7-5-6-14(20)10-15/h3-10,13H,11-12H2,1-2H3,(H,21,22). The number of nitrogens with one attached hydrogen (secondary N) is 1. The van der Waals surface area contributed by atoms with Crippen LogP contribution < -0.4 is 10.1 Å². The van der Waals surface area contributed by atoms with E-state index in [1.165, 1.54) is 0 Å². The summed E-state index contributed by atoms with van der Waals surface area (Å²) in [6.07, 6.45) is 0. The summed E-state index contributed by atoms with van der Waals surface area (Å²) in [5.74, 6) is -0.147. The van der Waals surface area contributed by atoms with Crippen molar-refractivity contribution in [3.8, 4) is 5.75 Å². The van der Waals surface area contributed by atoms with Crippen LogP contribution in [0.2, 0.25) is 5.02 Å². The van der Waals surface area contributed by atoms with Crippen LogP contribution in [0.4, 0.5) is 5.69 Å². The maximum Gasteiger partial charge on any atom is 0.344 e. The Labute approximate surface area is 151 Å². The first-order valence-electron chi connectivity index (χ1n) is 7.88. The van der Waals surface area contributed by atoms with Gasteiger partial charge in [-0.15, -0.1) is 0 Å². The molecule has 2 aromatic rings. The molecule has 0 saturated carbocycles. The highest BCUT2D eigenvalue weighted by atomic mass is 35.5. The van der Waals surface area contributed by atoms with E-state index in [2.05, 4.69) is 5.32 Å². The number of ether oxygens (including phenoxy) is 2. The third kappa shape index (κ3) is 6.12. The molecule has 0 spiro atoms. The van der Waals surface area contributed by atoms with Crippen molar-refractivity contribution in [3.63, 3.8) is 0 Å². The minimum Gasteiger partial charge on any atom is -0.482 e. The van der Waals surface area contributed by atoms with Crippen molar-refractivity contribution in [1.82, 2.24) is 0 Å². The Kier molecular flexibility index (Phi) is 6.83. The van der Waals surface area contributed by atoms with Crippen molar-refractivity contribution in [2.24, 2.45) is 0 Å². The molecule has 0 saturated heterocycles. The second-order valence-corrected chi connectivity index (χ2v) is 6.14. The molecule has 0 aliphatic heterocycles. The Morgan fingerprint density at radius 2 is 1.84 bits per heavy atom. The zero-order valence-corrected chi connectivity index (χ0v) is 14.9. The molecule has 1 N–H and O–H groups in total. The number of hydrogen-bond acceptors (Lipinski definition) is 4. The number of rotatable bonds is 7. The molecule has 0 radical (unpaired) electrons. The van der Waals surface area contributed by atoms with Crippen LogP contribution in [0.5, 0.6) is 5.75 Å². The van der Waals surface area contributed by atoms with Gasteiger partial charge in [0.1, 0.15) is 5.75 Å². The van der Waals surface area contributed by atoms with Gasteiger partial charge in [0.25, 0.3) is 5.91 Å². The fraction of sp³-hybridized carbons (Fsp3) is 0.263. The molecule has 2 rings (SSSR count).